The van der Waals surface area contributed by atoms with E-state index >= 15 is 0 Å². The Bertz CT molecular complexity index is 1180. The van der Waals surface area contributed by atoms with Gasteiger partial charge >= 0.3 is 12.4 Å². The molecule has 12 heteroatoms. The molecule has 6 nitrogen and oxygen atoms in total. The van der Waals surface area contributed by atoms with Crippen molar-refractivity contribution >= 4 is 5.91 Å². The Hall–Kier alpha value is -3.57. The Morgan fingerprint density at radius 1 is 0.969 bits per heavy atom. The quantitative estimate of drug-likeness (QED) is 0.595. The predicted molar refractivity (Wildman–Crippen MR) is 98.0 cm³/mol. The minimum absolute atomic E-state index is 0.191. The molecule has 4 rings (SSSR count). The summed E-state index contributed by atoms with van der Waals surface area (Å²) in [5.74, 6) is -0.844. The Morgan fingerprint density at radius 3 is 2.44 bits per heavy atom. The highest BCUT2D eigenvalue weighted by Gasteiger charge is 2.35. The summed E-state index contributed by atoms with van der Waals surface area (Å²) >= 11 is 0. The van der Waals surface area contributed by atoms with Crippen molar-refractivity contribution in [3.63, 3.8) is 0 Å². The molecule has 1 aliphatic rings. The number of halogens is 6. The summed E-state index contributed by atoms with van der Waals surface area (Å²) in [6.07, 6.45) is -4.40. The molecule has 0 spiro atoms. The van der Waals surface area contributed by atoms with Gasteiger partial charge in [0.2, 0.25) is 0 Å². The molecule has 0 radical (unpaired) electrons. The lowest BCUT2D eigenvalue weighted by Gasteiger charge is -2.15. The van der Waals surface area contributed by atoms with Gasteiger partial charge in [-0.05, 0) is 42.2 Å². The molecule has 0 saturated heterocycles. The molecule has 0 aromatic carbocycles. The average Bonchev–Trinajstić information content (AvgIpc) is 3.14. The van der Waals surface area contributed by atoms with Crippen LogP contribution in [0.25, 0.3) is 11.3 Å². The fourth-order valence-corrected chi connectivity index (χ4v) is 3.38. The number of amides is 1. The van der Waals surface area contributed by atoms with E-state index in [4.69, 9.17) is 0 Å². The topological polar surface area (TPSA) is 80.7 Å². The molecule has 1 aliphatic carbocycles. The second kappa shape index (κ2) is 7.84. The molecule has 3 aromatic heterocycles. The van der Waals surface area contributed by atoms with E-state index in [9.17, 15) is 31.1 Å². The summed E-state index contributed by atoms with van der Waals surface area (Å²) in [6, 6.07) is 3.24. The molecule has 0 fully saturated rings. The normalized spacial score (nSPS) is 16.0. The molecular weight excluding hydrogens is 440 g/mol. The SMILES string of the molecule is O=C(N[C@H]1CCc2cnc(-c3ccnc(C(F)(F)F)c3)cc21)c1cncc(C(F)(F)F)n1. The molecule has 0 unspecified atom stereocenters. The van der Waals surface area contributed by atoms with E-state index in [2.05, 4.69) is 25.3 Å². The number of hydrogen-bond donors (Lipinski definition) is 1. The summed E-state index contributed by atoms with van der Waals surface area (Å²) in [5, 5.41) is 2.62. The molecule has 1 N–H and O–H groups in total. The van der Waals surface area contributed by atoms with Crippen LogP contribution in [-0.4, -0.2) is 25.8 Å². The second-order valence-electron chi connectivity index (χ2n) is 7.05. The summed E-state index contributed by atoms with van der Waals surface area (Å²) in [6.45, 7) is 0. The lowest BCUT2D eigenvalue weighted by molar-refractivity contribution is -0.142. The highest BCUT2D eigenvalue weighted by Crippen LogP contribution is 2.35. The number of hydrogen-bond acceptors (Lipinski definition) is 5. The third kappa shape index (κ3) is 4.39. The molecular formula is C20H13F6N5O. The van der Waals surface area contributed by atoms with Crippen LogP contribution < -0.4 is 5.32 Å². The maximum Gasteiger partial charge on any atom is 0.434 e. The first-order valence-electron chi connectivity index (χ1n) is 9.25. The van der Waals surface area contributed by atoms with Crippen LogP contribution in [0.3, 0.4) is 0 Å². The molecule has 32 heavy (non-hydrogen) atoms. The molecule has 1 amide bonds. The van der Waals surface area contributed by atoms with E-state index in [1.807, 2.05) is 0 Å². The van der Waals surface area contributed by atoms with Crippen molar-refractivity contribution in [2.45, 2.75) is 31.2 Å². The number of carbonyl (C=O) groups is 1. The van der Waals surface area contributed by atoms with Gasteiger partial charge < -0.3 is 5.32 Å². The molecule has 0 aliphatic heterocycles. The van der Waals surface area contributed by atoms with E-state index in [1.54, 1.807) is 6.07 Å². The van der Waals surface area contributed by atoms with Crippen LogP contribution in [0.15, 0.2) is 43.0 Å². The number of pyridine rings is 2. The summed E-state index contributed by atoms with van der Waals surface area (Å²) < 4.78 is 77.4. The summed E-state index contributed by atoms with van der Waals surface area (Å²) in [4.78, 5) is 26.7. The van der Waals surface area contributed by atoms with Crippen molar-refractivity contribution in [2.24, 2.45) is 0 Å². The van der Waals surface area contributed by atoms with E-state index in [1.165, 1.54) is 12.3 Å². The molecule has 3 heterocycles. The number of fused-ring (bicyclic) bond motifs is 1. The number of aryl methyl sites for hydroxylation is 1. The minimum atomic E-state index is -4.75. The summed E-state index contributed by atoms with van der Waals surface area (Å²) in [7, 11) is 0. The zero-order valence-corrected chi connectivity index (χ0v) is 16.0. The van der Waals surface area contributed by atoms with Crippen LogP contribution >= 0.6 is 0 Å². The third-order valence-electron chi connectivity index (χ3n) is 4.91. The van der Waals surface area contributed by atoms with E-state index in [0.29, 0.717) is 24.6 Å². The zero-order valence-electron chi connectivity index (χ0n) is 16.0. The van der Waals surface area contributed by atoms with Crippen LogP contribution in [0.5, 0.6) is 0 Å². The molecule has 166 valence electrons. The van der Waals surface area contributed by atoms with E-state index in [0.717, 1.165) is 24.0 Å². The number of carbonyl (C=O) groups excluding carboxylic acids is 1. The van der Waals surface area contributed by atoms with Gasteiger partial charge in [0, 0.05) is 18.0 Å². The van der Waals surface area contributed by atoms with Crippen molar-refractivity contribution in [1.29, 1.82) is 0 Å². The monoisotopic (exact) mass is 453 g/mol. The number of alkyl halides is 6. The van der Waals surface area contributed by atoms with Gasteiger partial charge in [-0.25, -0.2) is 4.98 Å². The lowest BCUT2D eigenvalue weighted by atomic mass is 10.0. The number of aromatic nitrogens is 4. The van der Waals surface area contributed by atoms with Gasteiger partial charge in [0.25, 0.3) is 5.91 Å². The zero-order chi connectivity index (χ0) is 23.1. The molecule has 0 saturated carbocycles. The Balaban J connectivity index is 1.59. The van der Waals surface area contributed by atoms with Crippen molar-refractivity contribution in [3.8, 4) is 11.3 Å². The standard InChI is InChI=1S/C20H13F6N5O/c21-19(22,23)16-5-10(3-4-28-16)14-6-12-11(7-29-14)1-2-13(12)31-18(32)15-8-27-9-17(30-15)20(24,25)26/h3-9,13H,1-2H2,(H,31,32)/t13-/m0/s1. The average molecular weight is 453 g/mol. The van der Waals surface area contributed by atoms with Crippen molar-refractivity contribution in [2.75, 3.05) is 0 Å². The fraction of sp³-hybridized carbons (Fsp3) is 0.250. The number of rotatable bonds is 3. The maximum absolute atomic E-state index is 13.0. The largest absolute Gasteiger partial charge is 0.434 e. The fourth-order valence-electron chi connectivity index (χ4n) is 3.38. The molecule has 1 atom stereocenters. The van der Waals surface area contributed by atoms with Crippen molar-refractivity contribution in [3.05, 3.63) is 71.2 Å². The molecule has 3 aromatic rings. The van der Waals surface area contributed by atoms with E-state index in [-0.39, 0.29) is 11.3 Å². The van der Waals surface area contributed by atoms with Gasteiger partial charge in [-0.1, -0.05) is 0 Å². The van der Waals surface area contributed by atoms with E-state index < -0.39 is 41.4 Å². The first kappa shape index (κ1) is 21.7. The van der Waals surface area contributed by atoms with Gasteiger partial charge in [-0.2, -0.15) is 26.3 Å². The van der Waals surface area contributed by atoms with Crippen LogP contribution in [-0.2, 0) is 18.8 Å². The minimum Gasteiger partial charge on any atom is -0.344 e. The van der Waals surface area contributed by atoms with Crippen LogP contribution in [0.2, 0.25) is 0 Å². The Morgan fingerprint density at radius 2 is 1.72 bits per heavy atom. The van der Waals surface area contributed by atoms with Gasteiger partial charge in [-0.15, -0.1) is 0 Å². The van der Waals surface area contributed by atoms with Gasteiger partial charge in [0.05, 0.1) is 24.1 Å². The van der Waals surface area contributed by atoms with Gasteiger partial charge in [0.1, 0.15) is 11.4 Å². The predicted octanol–water partition coefficient (Wildman–Crippen LogP) is 4.39. The number of nitrogens with zero attached hydrogens (tertiary/aromatic N) is 4. The first-order chi connectivity index (χ1) is 15.0. The van der Waals surface area contributed by atoms with Crippen LogP contribution in [0, 0.1) is 0 Å². The lowest BCUT2D eigenvalue weighted by Crippen LogP contribution is -2.28. The third-order valence-corrected chi connectivity index (χ3v) is 4.91. The van der Waals surface area contributed by atoms with Crippen molar-refractivity contribution in [1.82, 2.24) is 25.3 Å². The maximum atomic E-state index is 13.0. The van der Waals surface area contributed by atoms with Gasteiger partial charge in [-0.3, -0.25) is 19.7 Å². The van der Waals surface area contributed by atoms with Crippen LogP contribution in [0.4, 0.5) is 26.3 Å². The first-order valence-corrected chi connectivity index (χ1v) is 9.25. The highest BCUT2D eigenvalue weighted by atomic mass is 19.4. The summed E-state index contributed by atoms with van der Waals surface area (Å²) in [5.41, 5.74) is -1.01. The smallest absolute Gasteiger partial charge is 0.344 e. The van der Waals surface area contributed by atoms with Gasteiger partial charge in [0.15, 0.2) is 5.69 Å². The highest BCUT2D eigenvalue weighted by molar-refractivity contribution is 5.92. The Labute approximate surface area is 176 Å². The Kier molecular flexibility index (Phi) is 5.31. The van der Waals surface area contributed by atoms with Crippen molar-refractivity contribution < 1.29 is 31.1 Å². The second-order valence-corrected chi connectivity index (χ2v) is 7.05. The number of nitrogens with one attached hydrogen (secondary N) is 1. The molecule has 0 bridgehead atoms. The van der Waals surface area contributed by atoms with Crippen LogP contribution in [0.1, 0.15) is 45.5 Å².